The molecule has 0 amide bonds. The Bertz CT molecular complexity index is 842. The van der Waals surface area contributed by atoms with Crippen molar-refractivity contribution >= 4 is 0 Å². The lowest BCUT2D eigenvalue weighted by Crippen LogP contribution is -2.33. The van der Waals surface area contributed by atoms with Crippen molar-refractivity contribution in [2.75, 3.05) is 0 Å². The molecule has 3 rings (SSSR count). The lowest BCUT2D eigenvalue weighted by Gasteiger charge is -2.33. The van der Waals surface area contributed by atoms with E-state index in [1.54, 1.807) is 16.7 Å². The molecule has 3 nitrogen and oxygen atoms in total. The Labute approximate surface area is 150 Å². The summed E-state index contributed by atoms with van der Waals surface area (Å²) in [5.41, 5.74) is 2.31. The number of alkyl halides is 3. The summed E-state index contributed by atoms with van der Waals surface area (Å²) in [6.45, 7) is 4.86. The monoisotopic (exact) mass is 365 g/mol. The largest absolute Gasteiger partial charge is 0.573 e. The smallest absolute Gasteiger partial charge is 0.406 e. The van der Waals surface area contributed by atoms with Crippen LogP contribution in [0.5, 0.6) is 5.75 Å². The van der Waals surface area contributed by atoms with Crippen molar-refractivity contribution in [3.63, 3.8) is 0 Å². The summed E-state index contributed by atoms with van der Waals surface area (Å²) >= 11 is 0. The fraction of sp³-hybridized carbons (Fsp3) is 0.450. The third-order valence-corrected chi connectivity index (χ3v) is 5.12. The van der Waals surface area contributed by atoms with Crippen LogP contribution >= 0.6 is 0 Å². The summed E-state index contributed by atoms with van der Waals surface area (Å²) in [5, 5.41) is 0. The molecule has 1 aromatic carbocycles. The van der Waals surface area contributed by atoms with Crippen LogP contribution in [0.2, 0.25) is 0 Å². The van der Waals surface area contributed by atoms with Gasteiger partial charge in [0, 0.05) is 29.8 Å². The maximum Gasteiger partial charge on any atom is 0.573 e. The van der Waals surface area contributed by atoms with Crippen molar-refractivity contribution in [3.8, 4) is 16.9 Å². The van der Waals surface area contributed by atoms with E-state index in [1.807, 2.05) is 0 Å². The molecule has 1 aromatic heterocycles. The summed E-state index contributed by atoms with van der Waals surface area (Å²) in [5.74, 6) is 0.403. The lowest BCUT2D eigenvalue weighted by molar-refractivity contribution is -0.274. The van der Waals surface area contributed by atoms with Crippen LogP contribution in [0.4, 0.5) is 13.2 Å². The van der Waals surface area contributed by atoms with Gasteiger partial charge in [-0.05, 0) is 42.5 Å². The number of ether oxygens (including phenoxy) is 1. The molecule has 0 saturated heterocycles. The van der Waals surface area contributed by atoms with E-state index < -0.39 is 6.36 Å². The molecule has 2 atom stereocenters. The number of aromatic nitrogens is 1. The number of hydrogen-bond donors (Lipinski definition) is 0. The van der Waals surface area contributed by atoms with E-state index in [4.69, 9.17) is 0 Å². The molecule has 6 heteroatoms. The second-order valence-corrected chi connectivity index (χ2v) is 6.77. The van der Waals surface area contributed by atoms with Crippen LogP contribution in [-0.4, -0.2) is 10.9 Å². The zero-order chi connectivity index (χ0) is 18.9. The molecule has 1 aliphatic heterocycles. The van der Waals surface area contributed by atoms with E-state index >= 15 is 0 Å². The second kappa shape index (κ2) is 7.17. The Morgan fingerprint density at radius 3 is 2.58 bits per heavy atom. The molecule has 2 unspecified atom stereocenters. The van der Waals surface area contributed by atoms with Gasteiger partial charge in [-0.25, -0.2) is 0 Å². The minimum Gasteiger partial charge on any atom is -0.406 e. The highest BCUT2D eigenvalue weighted by molar-refractivity contribution is 5.68. The first-order chi connectivity index (χ1) is 12.3. The average molecular weight is 365 g/mol. The molecule has 0 fully saturated rings. The van der Waals surface area contributed by atoms with Crippen molar-refractivity contribution in [1.82, 2.24) is 4.57 Å². The molecule has 26 heavy (non-hydrogen) atoms. The number of nitrogens with zero attached hydrogens (tertiary/aromatic N) is 1. The van der Waals surface area contributed by atoms with Crippen LogP contribution in [-0.2, 0) is 6.54 Å². The van der Waals surface area contributed by atoms with E-state index in [0.717, 1.165) is 30.5 Å². The minimum atomic E-state index is -4.73. The van der Waals surface area contributed by atoms with Crippen LogP contribution in [0.1, 0.15) is 44.7 Å². The molecular formula is C20H22F3NO2. The van der Waals surface area contributed by atoms with Crippen molar-refractivity contribution in [3.05, 3.63) is 52.4 Å². The zero-order valence-electron chi connectivity index (χ0n) is 14.8. The van der Waals surface area contributed by atoms with Crippen LogP contribution in [0.3, 0.4) is 0 Å². The molecule has 0 radical (unpaired) electrons. The molecule has 0 spiro atoms. The molecule has 0 N–H and O–H groups in total. The van der Waals surface area contributed by atoms with E-state index in [2.05, 4.69) is 18.6 Å². The fourth-order valence-corrected chi connectivity index (χ4v) is 3.83. The Hall–Kier alpha value is -2.24. The normalized spacial score (nSPS) is 19.9. The van der Waals surface area contributed by atoms with Gasteiger partial charge in [0.05, 0.1) is 0 Å². The summed E-state index contributed by atoms with van der Waals surface area (Å²) < 4.78 is 43.5. The molecule has 2 aromatic rings. The topological polar surface area (TPSA) is 31.2 Å². The lowest BCUT2D eigenvalue weighted by atomic mass is 9.81. The van der Waals surface area contributed by atoms with Gasteiger partial charge >= 0.3 is 6.36 Å². The highest BCUT2D eigenvalue weighted by Crippen LogP contribution is 2.39. The maximum atomic E-state index is 12.5. The predicted octanol–water partition coefficient (Wildman–Crippen LogP) is 5.34. The molecule has 0 bridgehead atoms. The number of halogens is 3. The number of rotatable bonds is 4. The Morgan fingerprint density at radius 1 is 1.15 bits per heavy atom. The number of benzene rings is 1. The molecule has 0 saturated carbocycles. The number of pyridine rings is 1. The fourth-order valence-electron chi connectivity index (χ4n) is 3.83. The van der Waals surface area contributed by atoms with Crippen molar-refractivity contribution in [2.24, 2.45) is 5.92 Å². The highest BCUT2D eigenvalue weighted by atomic mass is 19.4. The summed E-state index contributed by atoms with van der Waals surface area (Å²) in [6, 6.07) is 9.17. The SMILES string of the molecule is CCC1CC(CC)c2c(-c3cccc(OC(F)(F)F)c3)ccc(=O)n2C1. The van der Waals surface area contributed by atoms with Gasteiger partial charge in [-0.15, -0.1) is 13.2 Å². The second-order valence-electron chi connectivity index (χ2n) is 6.77. The van der Waals surface area contributed by atoms with Crippen molar-refractivity contribution in [1.29, 1.82) is 0 Å². The molecule has 1 aliphatic rings. The molecule has 0 aliphatic carbocycles. The first-order valence-corrected chi connectivity index (χ1v) is 8.92. The minimum absolute atomic E-state index is 0.0527. The number of fused-ring (bicyclic) bond motifs is 1. The van der Waals surface area contributed by atoms with Crippen LogP contribution in [0.25, 0.3) is 11.1 Å². The summed E-state index contributed by atoms with van der Waals surface area (Å²) in [7, 11) is 0. The van der Waals surface area contributed by atoms with Crippen molar-refractivity contribution < 1.29 is 17.9 Å². The van der Waals surface area contributed by atoms with Gasteiger partial charge in [0.25, 0.3) is 5.56 Å². The average Bonchev–Trinajstić information content (AvgIpc) is 2.60. The third-order valence-electron chi connectivity index (χ3n) is 5.12. The Balaban J connectivity index is 2.10. The predicted molar refractivity (Wildman–Crippen MR) is 94.3 cm³/mol. The van der Waals surface area contributed by atoms with Gasteiger partial charge in [-0.2, -0.15) is 0 Å². The first-order valence-electron chi connectivity index (χ1n) is 8.92. The Morgan fingerprint density at radius 2 is 1.92 bits per heavy atom. The van der Waals surface area contributed by atoms with Crippen molar-refractivity contribution in [2.45, 2.75) is 51.9 Å². The van der Waals surface area contributed by atoms with Gasteiger partial charge < -0.3 is 9.30 Å². The first kappa shape index (κ1) is 18.5. The van der Waals surface area contributed by atoms with Crippen LogP contribution < -0.4 is 10.3 Å². The molecule has 2 heterocycles. The Kier molecular flexibility index (Phi) is 5.12. The zero-order valence-corrected chi connectivity index (χ0v) is 14.8. The standard InChI is InChI=1S/C20H22F3NO2/c1-3-13-10-14(4-2)19-17(8-9-18(25)24(19)12-13)15-6-5-7-16(11-15)26-20(21,22)23/h5-9,11,13-14H,3-4,10,12H2,1-2H3. The quantitative estimate of drug-likeness (QED) is 0.733. The summed E-state index contributed by atoms with van der Waals surface area (Å²) in [6.07, 6.45) is -1.86. The van der Waals surface area contributed by atoms with Gasteiger partial charge in [-0.3, -0.25) is 4.79 Å². The van der Waals surface area contributed by atoms with Gasteiger partial charge in [0.1, 0.15) is 5.75 Å². The van der Waals surface area contributed by atoms with E-state index in [9.17, 15) is 18.0 Å². The van der Waals surface area contributed by atoms with E-state index in [1.165, 1.54) is 24.3 Å². The maximum absolute atomic E-state index is 12.5. The van der Waals surface area contributed by atoms with E-state index in [0.29, 0.717) is 18.0 Å². The third kappa shape index (κ3) is 3.79. The van der Waals surface area contributed by atoms with Gasteiger partial charge in [-0.1, -0.05) is 32.4 Å². The van der Waals surface area contributed by atoms with Crippen LogP contribution in [0, 0.1) is 5.92 Å². The summed E-state index contributed by atoms with van der Waals surface area (Å²) in [4.78, 5) is 12.4. The highest BCUT2D eigenvalue weighted by Gasteiger charge is 2.32. The molecular weight excluding hydrogens is 343 g/mol. The number of hydrogen-bond acceptors (Lipinski definition) is 2. The van der Waals surface area contributed by atoms with E-state index in [-0.39, 0.29) is 17.2 Å². The van der Waals surface area contributed by atoms with Gasteiger partial charge in [0.2, 0.25) is 0 Å². The van der Waals surface area contributed by atoms with Crippen LogP contribution in [0.15, 0.2) is 41.2 Å². The molecule has 140 valence electrons. The van der Waals surface area contributed by atoms with Gasteiger partial charge in [0.15, 0.2) is 0 Å².